The Morgan fingerprint density at radius 1 is 1.11 bits per heavy atom. The molecule has 3 N–H and O–H groups in total. The number of hydrogen-bond acceptors (Lipinski definition) is 9. The molecule has 3 saturated heterocycles. The van der Waals surface area contributed by atoms with Crippen molar-refractivity contribution < 1.29 is 37.6 Å². The fourth-order valence-corrected chi connectivity index (χ4v) is 4.92. The number of pyridine rings is 1. The number of ether oxygens (including phenoxy) is 5. The molecule has 0 amide bonds. The van der Waals surface area contributed by atoms with E-state index in [2.05, 4.69) is 20.3 Å². The molecule has 3 aromatic rings. The van der Waals surface area contributed by atoms with Crippen molar-refractivity contribution in [2.45, 2.75) is 37.4 Å². The van der Waals surface area contributed by atoms with Crippen LogP contribution in [0.2, 0.25) is 5.02 Å². The van der Waals surface area contributed by atoms with Gasteiger partial charge in [0.2, 0.25) is 0 Å². The van der Waals surface area contributed by atoms with Crippen LogP contribution in [0.5, 0.6) is 11.8 Å². The molecule has 0 saturated carbocycles. The van der Waals surface area contributed by atoms with Gasteiger partial charge in [-0.3, -0.25) is 0 Å². The highest BCUT2D eigenvalue weighted by atomic mass is 35.5. The lowest BCUT2D eigenvalue weighted by Crippen LogP contribution is -2.34. The van der Waals surface area contributed by atoms with Gasteiger partial charge in [-0.25, -0.2) is 13.8 Å². The van der Waals surface area contributed by atoms with E-state index in [1.54, 1.807) is 6.07 Å². The fraction of sp³-hybridized carbons (Fsp3) is 0.500. The van der Waals surface area contributed by atoms with Crippen LogP contribution in [0.4, 0.5) is 14.6 Å². The Morgan fingerprint density at radius 2 is 1.92 bits per heavy atom. The van der Waals surface area contributed by atoms with Crippen LogP contribution in [0.3, 0.4) is 0 Å². The molecule has 5 atom stereocenters. The smallest absolute Gasteiger partial charge is 0.296 e. The fourth-order valence-electron chi connectivity index (χ4n) is 4.70. The molecule has 6 rings (SSSR count). The van der Waals surface area contributed by atoms with Gasteiger partial charge >= 0.3 is 0 Å². The maximum absolute atomic E-state index is 14.7. The van der Waals surface area contributed by atoms with Crippen LogP contribution in [0, 0.1) is 17.6 Å². The first kappa shape index (κ1) is 24.6. The number of aromatic amines is 1. The van der Waals surface area contributed by atoms with Crippen molar-refractivity contribution in [3.8, 4) is 11.8 Å². The van der Waals surface area contributed by atoms with E-state index in [1.165, 1.54) is 0 Å². The number of nitrogens with zero attached hydrogens (tertiary/aromatic N) is 2. The summed E-state index contributed by atoms with van der Waals surface area (Å²) in [6.45, 7) is 1.85. The average molecular weight is 539 g/mol. The number of aliphatic hydroxyl groups is 1. The largest absolute Gasteiger partial charge is 0.493 e. The van der Waals surface area contributed by atoms with Crippen molar-refractivity contribution >= 4 is 28.6 Å². The molecule has 2 aromatic heterocycles. The first-order valence-corrected chi connectivity index (χ1v) is 12.4. The van der Waals surface area contributed by atoms with Gasteiger partial charge in [0.15, 0.2) is 11.8 Å². The Kier molecular flexibility index (Phi) is 6.76. The van der Waals surface area contributed by atoms with Crippen LogP contribution in [-0.2, 0) is 20.8 Å². The molecule has 3 aliphatic rings. The Balaban J connectivity index is 1.12. The summed E-state index contributed by atoms with van der Waals surface area (Å²) in [5, 5.41) is 13.0. The highest BCUT2D eigenvalue weighted by molar-refractivity contribution is 6.33. The van der Waals surface area contributed by atoms with E-state index >= 15 is 0 Å². The normalized spacial score (nSPS) is 27.1. The summed E-state index contributed by atoms with van der Waals surface area (Å²) in [4.78, 5) is 11.7. The van der Waals surface area contributed by atoms with Gasteiger partial charge in [0.1, 0.15) is 41.5 Å². The van der Waals surface area contributed by atoms with Crippen LogP contribution in [0.15, 0.2) is 18.2 Å². The summed E-state index contributed by atoms with van der Waals surface area (Å²) in [6.07, 6.45) is -1.09. The van der Waals surface area contributed by atoms with Crippen molar-refractivity contribution in [1.82, 2.24) is 15.0 Å². The molecule has 3 fully saturated rings. The van der Waals surface area contributed by atoms with Crippen LogP contribution in [0.25, 0.3) is 11.2 Å². The van der Waals surface area contributed by atoms with Crippen molar-refractivity contribution in [3.05, 3.63) is 40.4 Å². The Bertz CT molecular complexity index is 1270. The molecule has 13 heteroatoms. The molecule has 3 aliphatic heterocycles. The Hall–Kier alpha value is -2.77. The molecule has 1 aromatic carbocycles. The summed E-state index contributed by atoms with van der Waals surface area (Å²) >= 11 is 6.35. The first-order chi connectivity index (χ1) is 17.9. The van der Waals surface area contributed by atoms with Gasteiger partial charge in [0, 0.05) is 36.8 Å². The Morgan fingerprint density at radius 3 is 2.70 bits per heavy atom. The third-order valence-corrected chi connectivity index (χ3v) is 6.99. The number of hydrogen-bond donors (Lipinski definition) is 3. The number of imidazole rings is 1. The van der Waals surface area contributed by atoms with Gasteiger partial charge < -0.3 is 39.1 Å². The molecule has 10 nitrogen and oxygen atoms in total. The van der Waals surface area contributed by atoms with Gasteiger partial charge in [0.05, 0.1) is 37.0 Å². The van der Waals surface area contributed by atoms with E-state index in [9.17, 15) is 13.9 Å². The van der Waals surface area contributed by atoms with Crippen molar-refractivity contribution in [1.29, 1.82) is 0 Å². The Labute approximate surface area is 215 Å². The topological polar surface area (TPSA) is 120 Å². The summed E-state index contributed by atoms with van der Waals surface area (Å²) in [5.74, 6) is -0.929. The molecule has 37 heavy (non-hydrogen) atoms. The quantitative estimate of drug-likeness (QED) is 0.397. The van der Waals surface area contributed by atoms with E-state index in [1.807, 2.05) is 0 Å². The zero-order chi connectivity index (χ0) is 25.5. The average Bonchev–Trinajstić information content (AvgIpc) is 3.65. The van der Waals surface area contributed by atoms with E-state index in [-0.39, 0.29) is 53.8 Å². The van der Waals surface area contributed by atoms with Crippen LogP contribution < -0.4 is 14.8 Å². The summed E-state index contributed by atoms with van der Waals surface area (Å²) < 4.78 is 57.2. The second-order valence-corrected chi connectivity index (χ2v) is 9.72. The van der Waals surface area contributed by atoms with Gasteiger partial charge in [-0.05, 0) is 12.5 Å². The number of aliphatic hydroxyl groups excluding tert-OH is 1. The summed E-state index contributed by atoms with van der Waals surface area (Å²) in [5.41, 5.74) is 0.639. The monoisotopic (exact) mass is 538 g/mol. The molecule has 0 spiro atoms. The third kappa shape index (κ3) is 5.04. The van der Waals surface area contributed by atoms with E-state index in [0.29, 0.717) is 31.0 Å². The number of benzene rings is 1. The van der Waals surface area contributed by atoms with E-state index in [0.717, 1.165) is 18.6 Å². The number of rotatable bonds is 8. The predicted molar refractivity (Wildman–Crippen MR) is 127 cm³/mol. The molecule has 1 unspecified atom stereocenters. The molecule has 0 bridgehead atoms. The minimum atomic E-state index is -0.742. The van der Waals surface area contributed by atoms with Crippen LogP contribution in [-0.4, -0.2) is 77.5 Å². The van der Waals surface area contributed by atoms with Gasteiger partial charge in [-0.15, -0.1) is 0 Å². The lowest BCUT2D eigenvalue weighted by molar-refractivity contribution is 0.00706. The highest BCUT2D eigenvalue weighted by Gasteiger charge is 2.48. The third-order valence-electron chi connectivity index (χ3n) is 6.71. The number of fused-ring (bicyclic) bond motifs is 2. The van der Waals surface area contributed by atoms with Gasteiger partial charge in [0.25, 0.3) is 6.01 Å². The SMILES string of the molecule is O[C@@H]1CO[C@H]2[C@@H]1OC[C@H]2Oc1nc2nc(NCc3c(F)cc(OCC4CCOC4)cc3F)c(Cl)cc2[nH]1. The number of halogens is 3. The number of aromatic nitrogens is 3. The molecule has 0 aliphatic carbocycles. The molecule has 5 heterocycles. The lowest BCUT2D eigenvalue weighted by atomic mass is 10.1. The molecule has 198 valence electrons. The minimum absolute atomic E-state index is 0.128. The predicted octanol–water partition coefficient (Wildman–Crippen LogP) is 2.82. The minimum Gasteiger partial charge on any atom is -0.493 e. The van der Waals surface area contributed by atoms with Gasteiger partial charge in [-0.2, -0.15) is 4.98 Å². The van der Waals surface area contributed by atoms with E-state index < -0.39 is 36.1 Å². The van der Waals surface area contributed by atoms with E-state index in [4.69, 9.17) is 35.3 Å². The van der Waals surface area contributed by atoms with Crippen LogP contribution in [0.1, 0.15) is 12.0 Å². The number of H-pyrrole nitrogens is 1. The summed E-state index contributed by atoms with van der Waals surface area (Å²) in [6, 6.07) is 4.10. The highest BCUT2D eigenvalue weighted by Crippen LogP contribution is 2.31. The second kappa shape index (κ2) is 10.2. The first-order valence-electron chi connectivity index (χ1n) is 12.0. The zero-order valence-corrected chi connectivity index (χ0v) is 20.3. The molecule has 0 radical (unpaired) electrons. The number of anilines is 1. The van der Waals surface area contributed by atoms with Crippen molar-refractivity contribution in [2.75, 3.05) is 38.4 Å². The van der Waals surface area contributed by atoms with Gasteiger partial charge in [-0.1, -0.05) is 11.6 Å². The van der Waals surface area contributed by atoms with Crippen molar-refractivity contribution in [2.24, 2.45) is 5.92 Å². The van der Waals surface area contributed by atoms with Crippen molar-refractivity contribution in [3.63, 3.8) is 0 Å². The van der Waals surface area contributed by atoms with Crippen LogP contribution >= 0.6 is 11.6 Å². The lowest BCUT2D eigenvalue weighted by Gasteiger charge is -2.15. The molecular weight excluding hydrogens is 514 g/mol. The number of nitrogens with one attached hydrogen (secondary N) is 2. The zero-order valence-electron chi connectivity index (χ0n) is 19.6. The summed E-state index contributed by atoms with van der Waals surface area (Å²) in [7, 11) is 0. The maximum Gasteiger partial charge on any atom is 0.296 e. The second-order valence-electron chi connectivity index (χ2n) is 9.31. The maximum atomic E-state index is 14.7. The molecular formula is C24H25ClF2N4O6. The standard InChI is InChI=1S/C24H25ClF2N4O6/c25-14-5-17-23(31-24(29-17)37-19-10-36-20-18(32)9-35-21(19)20)30-22(14)28-6-13-15(26)3-12(4-16(13)27)34-8-11-1-2-33-7-11/h3-5,11,18-21,32H,1-2,6-10H2,(H2,28,29,30,31)/t11?,18-,19-,20-,21-/m1/s1.